The Balaban J connectivity index is 1.60. The molecule has 0 bridgehead atoms. The molecule has 1 aromatic rings. The number of rotatable bonds is 3. The first-order valence-electron chi connectivity index (χ1n) is 8.11. The molecule has 0 heterocycles. The van der Waals surface area contributed by atoms with Crippen LogP contribution in [0.3, 0.4) is 0 Å². The molecule has 3 rings (SSSR count). The highest BCUT2D eigenvalue weighted by Gasteiger charge is 2.37. The second kappa shape index (κ2) is 5.57. The van der Waals surface area contributed by atoms with E-state index in [0.717, 1.165) is 43.5 Å². The Morgan fingerprint density at radius 1 is 1.24 bits per heavy atom. The second-order valence-corrected chi connectivity index (χ2v) is 8.14. The molecule has 1 atom stereocenters. The minimum Gasteiger partial charge on any atom is -0.389 e. The summed E-state index contributed by atoms with van der Waals surface area (Å²) in [5.41, 5.74) is 2.59. The summed E-state index contributed by atoms with van der Waals surface area (Å²) in [5.74, 6) is 0. The fourth-order valence-corrected chi connectivity index (χ4v) is 3.87. The van der Waals surface area contributed by atoms with Crippen molar-refractivity contribution in [1.82, 2.24) is 5.32 Å². The number of aliphatic hydroxyl groups is 1. The average molecular weight is 308 g/mol. The highest BCUT2D eigenvalue weighted by molar-refractivity contribution is 6.30. The van der Waals surface area contributed by atoms with Crippen molar-refractivity contribution in [3.05, 3.63) is 34.3 Å². The molecule has 0 saturated heterocycles. The number of halogens is 1. The van der Waals surface area contributed by atoms with Crippen molar-refractivity contribution in [2.75, 3.05) is 6.54 Å². The standard InChI is InChI=1S/C18H26ClNO/c1-17(2)7-9-18(21,10-8-17)12-20-16-6-3-13-11-14(19)4-5-15(13)16/h4-5,11,16,20-21H,3,6-10,12H2,1-2H3. The van der Waals surface area contributed by atoms with Gasteiger partial charge >= 0.3 is 0 Å². The predicted octanol–water partition coefficient (Wildman–Crippen LogP) is 4.25. The molecular formula is C18H26ClNO. The summed E-state index contributed by atoms with van der Waals surface area (Å²) in [7, 11) is 0. The summed E-state index contributed by atoms with van der Waals surface area (Å²) in [6, 6.07) is 6.56. The summed E-state index contributed by atoms with van der Waals surface area (Å²) in [5, 5.41) is 15.2. The monoisotopic (exact) mass is 307 g/mol. The Labute approximate surface area is 132 Å². The Kier molecular flexibility index (Phi) is 4.06. The van der Waals surface area contributed by atoms with Gasteiger partial charge in [0.15, 0.2) is 0 Å². The van der Waals surface area contributed by atoms with Crippen LogP contribution in [0.25, 0.3) is 0 Å². The Morgan fingerprint density at radius 2 is 1.95 bits per heavy atom. The largest absolute Gasteiger partial charge is 0.389 e. The van der Waals surface area contributed by atoms with Gasteiger partial charge in [0.05, 0.1) is 5.60 Å². The zero-order chi connectivity index (χ0) is 15.1. The van der Waals surface area contributed by atoms with E-state index in [9.17, 15) is 5.11 Å². The number of hydrogen-bond acceptors (Lipinski definition) is 2. The Hall–Kier alpha value is -0.570. The fraction of sp³-hybridized carbons (Fsp3) is 0.667. The van der Waals surface area contributed by atoms with Gasteiger partial charge in [-0.2, -0.15) is 0 Å². The van der Waals surface area contributed by atoms with Gasteiger partial charge in [-0.1, -0.05) is 31.5 Å². The van der Waals surface area contributed by atoms with E-state index in [0.29, 0.717) is 18.0 Å². The van der Waals surface area contributed by atoms with E-state index in [2.05, 4.69) is 31.3 Å². The minimum absolute atomic E-state index is 0.372. The van der Waals surface area contributed by atoms with Gasteiger partial charge in [0.25, 0.3) is 0 Å². The smallest absolute Gasteiger partial charge is 0.0772 e. The van der Waals surface area contributed by atoms with E-state index in [1.807, 2.05) is 6.07 Å². The summed E-state index contributed by atoms with van der Waals surface area (Å²) < 4.78 is 0. The zero-order valence-corrected chi connectivity index (χ0v) is 13.8. The van der Waals surface area contributed by atoms with Crippen molar-refractivity contribution in [2.24, 2.45) is 5.41 Å². The number of benzene rings is 1. The minimum atomic E-state index is -0.523. The fourth-order valence-electron chi connectivity index (χ4n) is 3.68. The van der Waals surface area contributed by atoms with Gasteiger partial charge in [-0.25, -0.2) is 0 Å². The van der Waals surface area contributed by atoms with E-state index in [-0.39, 0.29) is 0 Å². The molecule has 1 aromatic carbocycles. The van der Waals surface area contributed by atoms with Gasteiger partial charge in [0, 0.05) is 17.6 Å². The van der Waals surface area contributed by atoms with Crippen LogP contribution in [0.4, 0.5) is 0 Å². The highest BCUT2D eigenvalue weighted by atomic mass is 35.5. The average Bonchev–Trinajstić information content (AvgIpc) is 2.83. The maximum atomic E-state index is 10.8. The van der Waals surface area contributed by atoms with Gasteiger partial charge in [0.1, 0.15) is 0 Å². The molecule has 0 radical (unpaired) electrons. The lowest BCUT2D eigenvalue weighted by Gasteiger charge is -2.40. The van der Waals surface area contributed by atoms with Gasteiger partial charge in [-0.15, -0.1) is 0 Å². The molecule has 3 heteroatoms. The van der Waals surface area contributed by atoms with E-state index in [1.165, 1.54) is 11.1 Å². The molecule has 0 aliphatic heterocycles. The molecule has 116 valence electrons. The van der Waals surface area contributed by atoms with Crippen LogP contribution >= 0.6 is 11.6 Å². The van der Waals surface area contributed by atoms with E-state index in [1.54, 1.807) is 0 Å². The van der Waals surface area contributed by atoms with Crippen molar-refractivity contribution in [2.45, 2.75) is 64.0 Å². The lowest BCUT2D eigenvalue weighted by atomic mass is 9.71. The topological polar surface area (TPSA) is 32.3 Å². The molecule has 0 amide bonds. The highest BCUT2D eigenvalue weighted by Crippen LogP contribution is 2.40. The normalized spacial score (nSPS) is 26.6. The number of nitrogens with one attached hydrogen (secondary N) is 1. The first-order valence-corrected chi connectivity index (χ1v) is 8.49. The third-order valence-electron chi connectivity index (χ3n) is 5.39. The maximum absolute atomic E-state index is 10.8. The van der Waals surface area contributed by atoms with Crippen LogP contribution in [-0.4, -0.2) is 17.3 Å². The van der Waals surface area contributed by atoms with Crippen molar-refractivity contribution < 1.29 is 5.11 Å². The van der Waals surface area contributed by atoms with Crippen LogP contribution in [0.5, 0.6) is 0 Å². The molecule has 2 aliphatic carbocycles. The predicted molar refractivity (Wildman–Crippen MR) is 87.7 cm³/mol. The van der Waals surface area contributed by atoms with Crippen LogP contribution in [0.1, 0.15) is 63.1 Å². The third-order valence-corrected chi connectivity index (χ3v) is 5.63. The van der Waals surface area contributed by atoms with E-state index < -0.39 is 5.60 Å². The first-order chi connectivity index (χ1) is 9.87. The van der Waals surface area contributed by atoms with Crippen molar-refractivity contribution in [3.63, 3.8) is 0 Å². The molecule has 21 heavy (non-hydrogen) atoms. The lowest BCUT2D eigenvalue weighted by Crippen LogP contribution is -2.45. The van der Waals surface area contributed by atoms with Gasteiger partial charge < -0.3 is 10.4 Å². The SMILES string of the molecule is CC1(C)CCC(O)(CNC2CCc3cc(Cl)ccc32)CC1. The van der Waals surface area contributed by atoms with Crippen LogP contribution in [0.2, 0.25) is 5.02 Å². The van der Waals surface area contributed by atoms with Crippen molar-refractivity contribution >= 4 is 11.6 Å². The molecule has 0 spiro atoms. The van der Waals surface area contributed by atoms with Crippen LogP contribution < -0.4 is 5.32 Å². The van der Waals surface area contributed by atoms with Gasteiger partial charge in [-0.05, 0) is 67.2 Å². The number of fused-ring (bicyclic) bond motifs is 1. The van der Waals surface area contributed by atoms with E-state index >= 15 is 0 Å². The summed E-state index contributed by atoms with van der Waals surface area (Å²) in [4.78, 5) is 0. The van der Waals surface area contributed by atoms with E-state index in [4.69, 9.17) is 11.6 Å². The summed E-state index contributed by atoms with van der Waals surface area (Å²) >= 11 is 6.06. The quantitative estimate of drug-likeness (QED) is 0.875. The first kappa shape index (κ1) is 15.3. The second-order valence-electron chi connectivity index (χ2n) is 7.70. The molecule has 2 aliphatic rings. The molecule has 2 N–H and O–H groups in total. The summed E-state index contributed by atoms with van der Waals surface area (Å²) in [6.45, 7) is 5.31. The Morgan fingerprint density at radius 3 is 2.67 bits per heavy atom. The van der Waals surface area contributed by atoms with Gasteiger partial charge in [0.2, 0.25) is 0 Å². The number of hydrogen-bond donors (Lipinski definition) is 2. The Bertz CT molecular complexity index is 516. The number of aryl methyl sites for hydroxylation is 1. The van der Waals surface area contributed by atoms with Crippen molar-refractivity contribution in [3.8, 4) is 0 Å². The molecule has 0 aromatic heterocycles. The molecule has 1 fully saturated rings. The van der Waals surface area contributed by atoms with Crippen LogP contribution in [0, 0.1) is 5.41 Å². The zero-order valence-electron chi connectivity index (χ0n) is 13.1. The molecule has 1 unspecified atom stereocenters. The molecule has 1 saturated carbocycles. The maximum Gasteiger partial charge on any atom is 0.0772 e. The lowest BCUT2D eigenvalue weighted by molar-refractivity contribution is -0.0261. The van der Waals surface area contributed by atoms with Crippen molar-refractivity contribution in [1.29, 1.82) is 0 Å². The molecule has 2 nitrogen and oxygen atoms in total. The van der Waals surface area contributed by atoms with Crippen LogP contribution in [-0.2, 0) is 6.42 Å². The summed E-state index contributed by atoms with van der Waals surface area (Å²) in [6.07, 6.45) is 6.24. The third kappa shape index (κ3) is 3.44. The van der Waals surface area contributed by atoms with Crippen LogP contribution in [0.15, 0.2) is 18.2 Å². The van der Waals surface area contributed by atoms with Gasteiger partial charge in [-0.3, -0.25) is 0 Å². The molecular weight excluding hydrogens is 282 g/mol.